The number of aromatic nitrogens is 5. The van der Waals surface area contributed by atoms with Gasteiger partial charge < -0.3 is 4.90 Å². The quantitative estimate of drug-likeness (QED) is 0.640. The number of fused-ring (bicyclic) bond motifs is 1. The maximum absolute atomic E-state index is 13.7. The van der Waals surface area contributed by atoms with Gasteiger partial charge in [0, 0.05) is 37.1 Å². The Morgan fingerprint density at radius 1 is 1.04 bits per heavy atom. The molecule has 0 aliphatic carbocycles. The van der Waals surface area contributed by atoms with Gasteiger partial charge in [0.2, 0.25) is 5.95 Å². The molecule has 140 valence electrons. The summed E-state index contributed by atoms with van der Waals surface area (Å²) in [5, 5.41) is 0. The second-order valence-corrected chi connectivity index (χ2v) is 6.11. The number of hydrogen-bond acceptors (Lipinski definition) is 6. The maximum Gasteiger partial charge on any atom is 0.215 e. The minimum atomic E-state index is -0.458. The number of pyridine rings is 1. The van der Waals surface area contributed by atoms with Gasteiger partial charge in [-0.3, -0.25) is 0 Å². The van der Waals surface area contributed by atoms with Gasteiger partial charge in [-0.05, 0) is 37.6 Å². The summed E-state index contributed by atoms with van der Waals surface area (Å²) in [5.41, 5.74) is 2.86. The van der Waals surface area contributed by atoms with Crippen molar-refractivity contribution in [3.05, 3.63) is 59.6 Å². The molecule has 0 spiro atoms. The zero-order valence-corrected chi connectivity index (χ0v) is 16.0. The van der Waals surface area contributed by atoms with E-state index in [1.807, 2.05) is 33.0 Å². The lowest BCUT2D eigenvalue weighted by Crippen LogP contribution is -2.35. The average molecular weight is 366 g/mol. The van der Waals surface area contributed by atoms with E-state index in [0.29, 0.717) is 17.5 Å². The molecule has 4 heterocycles. The number of hydrogen-bond donors (Lipinski definition) is 0. The first kappa shape index (κ1) is 18.8. The molecule has 27 heavy (non-hydrogen) atoms. The molecule has 6 nitrogen and oxygen atoms in total. The van der Waals surface area contributed by atoms with Gasteiger partial charge in [-0.25, -0.2) is 24.9 Å². The van der Waals surface area contributed by atoms with Crippen LogP contribution in [0.5, 0.6) is 0 Å². The Morgan fingerprint density at radius 3 is 2.48 bits per heavy atom. The van der Waals surface area contributed by atoms with Crippen LogP contribution in [0, 0.1) is 12.9 Å². The molecule has 0 aromatic carbocycles. The molecular weight excluding hydrogens is 343 g/mol. The van der Waals surface area contributed by atoms with Gasteiger partial charge in [-0.1, -0.05) is 13.8 Å². The van der Waals surface area contributed by atoms with E-state index in [9.17, 15) is 4.39 Å². The monoisotopic (exact) mass is 366 g/mol. The number of aryl methyl sites for hydroxylation is 1. The minimum absolute atomic E-state index is 0.0168. The van der Waals surface area contributed by atoms with Crippen LogP contribution >= 0.6 is 0 Å². The SMILES string of the molecule is CC.Cc1cc(F)nc(N2CCc3nc(-c4ncccn4)ncc3C2C)c1. The van der Waals surface area contributed by atoms with Gasteiger partial charge in [-0.15, -0.1) is 0 Å². The standard InChI is InChI=1S/C18H17FN6.C2H6/c1-11-8-15(19)24-16(9-11)25-7-4-14-13(12(25)2)10-22-18(23-14)17-20-5-3-6-21-17;1-2/h3,5-6,8-10,12H,4,7H2,1-2H3;1-2H3. The van der Waals surface area contributed by atoms with E-state index in [1.54, 1.807) is 18.5 Å². The summed E-state index contributed by atoms with van der Waals surface area (Å²) in [7, 11) is 0. The number of rotatable bonds is 2. The highest BCUT2D eigenvalue weighted by Crippen LogP contribution is 2.32. The van der Waals surface area contributed by atoms with Crippen molar-refractivity contribution in [2.45, 2.75) is 40.2 Å². The highest BCUT2D eigenvalue weighted by atomic mass is 19.1. The lowest BCUT2D eigenvalue weighted by Gasteiger charge is -2.35. The van der Waals surface area contributed by atoms with Crippen LogP contribution in [0.25, 0.3) is 11.6 Å². The number of nitrogens with zero attached hydrogens (tertiary/aromatic N) is 6. The third-order valence-electron chi connectivity index (χ3n) is 4.39. The van der Waals surface area contributed by atoms with Crippen LogP contribution < -0.4 is 4.90 Å². The summed E-state index contributed by atoms with van der Waals surface area (Å²) in [6.45, 7) is 8.64. The molecule has 0 N–H and O–H groups in total. The lowest BCUT2D eigenvalue weighted by atomic mass is 9.99. The van der Waals surface area contributed by atoms with E-state index in [4.69, 9.17) is 0 Å². The van der Waals surface area contributed by atoms with Crippen LogP contribution in [-0.2, 0) is 6.42 Å². The van der Waals surface area contributed by atoms with Crippen molar-refractivity contribution in [3.8, 4) is 11.6 Å². The van der Waals surface area contributed by atoms with E-state index >= 15 is 0 Å². The molecule has 3 aromatic heterocycles. The van der Waals surface area contributed by atoms with Crippen molar-refractivity contribution >= 4 is 5.82 Å². The molecular formula is C20H23FN6. The molecule has 4 rings (SSSR count). The highest BCUT2D eigenvalue weighted by Gasteiger charge is 2.27. The minimum Gasteiger partial charge on any atom is -0.349 e. The lowest BCUT2D eigenvalue weighted by molar-refractivity contribution is 0.561. The largest absolute Gasteiger partial charge is 0.349 e. The van der Waals surface area contributed by atoms with Crippen molar-refractivity contribution in [2.24, 2.45) is 0 Å². The van der Waals surface area contributed by atoms with Crippen LogP contribution in [0.2, 0.25) is 0 Å². The molecule has 0 saturated carbocycles. The second-order valence-electron chi connectivity index (χ2n) is 6.11. The summed E-state index contributed by atoms with van der Waals surface area (Å²) in [6.07, 6.45) is 5.90. The van der Waals surface area contributed by atoms with Crippen LogP contribution in [0.3, 0.4) is 0 Å². The van der Waals surface area contributed by atoms with Crippen molar-refractivity contribution in [3.63, 3.8) is 0 Å². The first-order valence-corrected chi connectivity index (χ1v) is 9.16. The fraction of sp³-hybridized carbons (Fsp3) is 0.350. The number of anilines is 1. The van der Waals surface area contributed by atoms with Crippen LogP contribution in [0.15, 0.2) is 36.8 Å². The van der Waals surface area contributed by atoms with Gasteiger partial charge in [-0.2, -0.15) is 4.39 Å². The third-order valence-corrected chi connectivity index (χ3v) is 4.39. The number of halogens is 1. The maximum atomic E-state index is 13.7. The molecule has 1 unspecified atom stereocenters. The Labute approximate surface area is 158 Å². The topological polar surface area (TPSA) is 67.7 Å². The molecule has 1 aliphatic rings. The molecule has 0 amide bonds. The van der Waals surface area contributed by atoms with Gasteiger partial charge in [0.1, 0.15) is 5.82 Å². The average Bonchev–Trinajstić information content (AvgIpc) is 2.69. The summed E-state index contributed by atoms with van der Waals surface area (Å²) in [4.78, 5) is 23.6. The van der Waals surface area contributed by atoms with E-state index in [-0.39, 0.29) is 6.04 Å². The van der Waals surface area contributed by atoms with Crippen LogP contribution in [0.1, 0.15) is 43.6 Å². The molecule has 7 heteroatoms. The summed E-state index contributed by atoms with van der Waals surface area (Å²) in [5.74, 6) is 1.23. The van der Waals surface area contributed by atoms with Crippen molar-refractivity contribution in [1.29, 1.82) is 0 Å². The molecule has 0 fully saturated rings. The fourth-order valence-electron chi connectivity index (χ4n) is 3.15. The predicted octanol–water partition coefficient (Wildman–Crippen LogP) is 3.93. The van der Waals surface area contributed by atoms with E-state index < -0.39 is 5.95 Å². The molecule has 1 atom stereocenters. The Kier molecular flexibility index (Phi) is 5.69. The Bertz CT molecular complexity index is 895. The zero-order chi connectivity index (χ0) is 19.4. The first-order chi connectivity index (χ1) is 13.1. The van der Waals surface area contributed by atoms with Crippen molar-refractivity contribution in [1.82, 2.24) is 24.9 Å². The van der Waals surface area contributed by atoms with Gasteiger partial charge in [0.25, 0.3) is 0 Å². The van der Waals surface area contributed by atoms with Crippen molar-refractivity contribution < 1.29 is 4.39 Å². The Hall–Kier alpha value is -2.96. The molecule has 1 aliphatic heterocycles. The zero-order valence-electron chi connectivity index (χ0n) is 16.0. The summed E-state index contributed by atoms with van der Waals surface area (Å²) < 4.78 is 13.7. The third kappa shape index (κ3) is 3.92. The van der Waals surface area contributed by atoms with E-state index in [0.717, 1.165) is 29.8 Å². The van der Waals surface area contributed by atoms with E-state index in [2.05, 4.69) is 36.7 Å². The second kappa shape index (κ2) is 8.16. The van der Waals surface area contributed by atoms with Gasteiger partial charge in [0.15, 0.2) is 11.6 Å². The van der Waals surface area contributed by atoms with Crippen LogP contribution in [-0.4, -0.2) is 31.5 Å². The molecule has 3 aromatic rings. The summed E-state index contributed by atoms with van der Waals surface area (Å²) in [6, 6.07) is 5.11. The van der Waals surface area contributed by atoms with Gasteiger partial charge in [0.05, 0.1) is 11.7 Å². The Morgan fingerprint density at radius 2 is 1.78 bits per heavy atom. The normalized spacial score (nSPS) is 15.6. The molecule has 0 saturated heterocycles. The summed E-state index contributed by atoms with van der Waals surface area (Å²) >= 11 is 0. The van der Waals surface area contributed by atoms with Gasteiger partial charge >= 0.3 is 0 Å². The smallest absolute Gasteiger partial charge is 0.215 e. The first-order valence-electron chi connectivity index (χ1n) is 9.16. The fourth-order valence-corrected chi connectivity index (χ4v) is 3.15. The van der Waals surface area contributed by atoms with E-state index in [1.165, 1.54) is 6.07 Å². The van der Waals surface area contributed by atoms with Crippen LogP contribution in [0.4, 0.5) is 10.2 Å². The predicted molar refractivity (Wildman–Crippen MR) is 103 cm³/mol. The van der Waals surface area contributed by atoms with Crippen molar-refractivity contribution in [2.75, 3.05) is 11.4 Å². The molecule has 0 radical (unpaired) electrons. The highest BCUT2D eigenvalue weighted by molar-refractivity contribution is 5.49. The Balaban J connectivity index is 0.00000102. The molecule has 0 bridgehead atoms.